The summed E-state index contributed by atoms with van der Waals surface area (Å²) in [5.74, 6) is 0.712. The van der Waals surface area contributed by atoms with Crippen LogP contribution in [0.25, 0.3) is 44.3 Å². The van der Waals surface area contributed by atoms with E-state index in [1.54, 1.807) is 85.9 Å². The molecule has 4 aromatic carbocycles. The maximum atomic E-state index is 14.1. The highest BCUT2D eigenvalue weighted by Crippen LogP contribution is 2.54. The Bertz CT molecular complexity index is 3290. The summed E-state index contributed by atoms with van der Waals surface area (Å²) in [7, 11) is 0. The molecule has 0 fully saturated rings. The van der Waals surface area contributed by atoms with E-state index >= 15 is 0 Å². The lowest BCUT2D eigenvalue weighted by atomic mass is 9.94. The van der Waals surface area contributed by atoms with Gasteiger partial charge in [0.25, 0.3) is 0 Å². The summed E-state index contributed by atoms with van der Waals surface area (Å²) in [4.78, 5) is 26.2. The fourth-order valence-electron chi connectivity index (χ4n) is 10.8. The summed E-state index contributed by atoms with van der Waals surface area (Å²) >= 11 is 0. The second-order valence-electron chi connectivity index (χ2n) is 20.0. The van der Waals surface area contributed by atoms with Crippen LogP contribution in [0.5, 0.6) is 11.5 Å². The Morgan fingerprint density at radius 1 is 0.539 bits per heavy atom. The van der Waals surface area contributed by atoms with E-state index in [9.17, 15) is 54.1 Å². The van der Waals surface area contributed by atoms with Crippen LogP contribution < -0.4 is 20.1 Å². The van der Waals surface area contributed by atoms with E-state index in [0.29, 0.717) is 44.8 Å². The average Bonchev–Trinajstić information content (AvgIpc) is 4.12. The van der Waals surface area contributed by atoms with Crippen LogP contribution in [-0.4, -0.2) is 74.8 Å². The van der Waals surface area contributed by atoms with Crippen LogP contribution in [0.1, 0.15) is 122 Å². The van der Waals surface area contributed by atoms with Crippen LogP contribution in [0, 0.1) is 0 Å². The zero-order valence-corrected chi connectivity index (χ0v) is 40.3. The lowest BCUT2D eigenvalue weighted by molar-refractivity contribution is -0.160. The molecule has 12 rings (SSSR count). The quantitative estimate of drug-likeness (QED) is 0.106. The number of benzene rings is 4. The van der Waals surface area contributed by atoms with Gasteiger partial charge in [0.05, 0.1) is 46.2 Å². The Hall–Kier alpha value is -7.28. The van der Waals surface area contributed by atoms with Gasteiger partial charge >= 0.3 is 25.6 Å². The molecule has 14 nitrogen and oxygen atoms in total. The molecule has 4 bridgehead atoms. The van der Waals surface area contributed by atoms with Gasteiger partial charge in [0, 0.05) is 47.0 Å². The smallest absolute Gasteiger partial charge is 0.407 e. The number of alkyl halides is 10. The first-order valence-corrected chi connectivity index (χ1v) is 23.8. The monoisotopic (exact) mass is 1060 g/mol. The highest BCUT2D eigenvalue weighted by atomic mass is 19.4. The average molecular weight is 1060 g/mol. The van der Waals surface area contributed by atoms with Crippen LogP contribution in [0.15, 0.2) is 97.6 Å². The number of rotatable bonds is 8. The minimum Gasteiger partial charge on any atom is -0.434 e. The van der Waals surface area contributed by atoms with Crippen LogP contribution >= 0.6 is 0 Å². The van der Waals surface area contributed by atoms with Gasteiger partial charge in [-0.05, 0) is 99.2 Å². The molecular weight excluding hydrogens is 1020 g/mol. The van der Waals surface area contributed by atoms with Gasteiger partial charge in [0.1, 0.15) is 46.4 Å². The highest BCUT2D eigenvalue weighted by molar-refractivity contribution is 5.84. The Labute approximate surface area is 424 Å². The van der Waals surface area contributed by atoms with Crippen LogP contribution in [0.3, 0.4) is 0 Å². The molecule has 4 N–H and O–H groups in total. The maximum absolute atomic E-state index is 14.1. The van der Waals surface area contributed by atoms with Crippen molar-refractivity contribution in [2.24, 2.45) is 0 Å². The van der Waals surface area contributed by atoms with Crippen molar-refractivity contribution >= 4 is 22.1 Å². The number of aliphatic hydroxyl groups is 2. The fourth-order valence-corrected chi connectivity index (χ4v) is 10.8. The van der Waals surface area contributed by atoms with E-state index in [1.165, 1.54) is 36.4 Å². The largest absolute Gasteiger partial charge is 0.434 e. The molecule has 0 amide bonds. The number of hydrogen-bond donors (Lipinski definition) is 4. The molecule has 0 aliphatic carbocycles. The van der Waals surface area contributed by atoms with E-state index in [2.05, 4.69) is 40.5 Å². The lowest BCUT2D eigenvalue weighted by Crippen LogP contribution is -2.36. The van der Waals surface area contributed by atoms with E-state index in [0.717, 1.165) is 11.1 Å². The van der Waals surface area contributed by atoms with Gasteiger partial charge < -0.3 is 28.8 Å². The Kier molecular flexibility index (Phi) is 12.2. The highest BCUT2D eigenvalue weighted by Gasteiger charge is 2.52. The molecule has 4 aliphatic rings. The summed E-state index contributed by atoms with van der Waals surface area (Å²) in [6, 6.07) is 11.4. The lowest BCUT2D eigenvalue weighted by Gasteiger charge is -2.28. The zero-order chi connectivity index (χ0) is 54.0. The van der Waals surface area contributed by atoms with Gasteiger partial charge in [0.2, 0.25) is 0 Å². The van der Waals surface area contributed by atoms with Crippen molar-refractivity contribution < 1.29 is 63.6 Å². The van der Waals surface area contributed by atoms with Crippen molar-refractivity contribution in [2.45, 2.75) is 114 Å². The second-order valence-corrected chi connectivity index (χ2v) is 20.0. The number of aromatic nitrogens is 8. The molecule has 0 unspecified atom stereocenters. The third-order valence-corrected chi connectivity index (χ3v) is 14.0. The van der Waals surface area contributed by atoms with Gasteiger partial charge in [0.15, 0.2) is 11.6 Å². The zero-order valence-electron chi connectivity index (χ0n) is 40.3. The van der Waals surface area contributed by atoms with Crippen molar-refractivity contribution in [3.8, 4) is 33.8 Å². The maximum Gasteiger partial charge on any atom is 0.407 e. The summed E-state index contributed by atoms with van der Waals surface area (Å²) in [6.07, 6.45) is -2.65. The first kappa shape index (κ1) is 50.9. The molecule has 8 heterocycles. The van der Waals surface area contributed by atoms with Crippen molar-refractivity contribution in [3.05, 3.63) is 143 Å². The molecule has 0 saturated carbocycles. The number of hydrogen-bond acceptors (Lipinski definition) is 12. The number of halogens is 10. The van der Waals surface area contributed by atoms with Gasteiger partial charge in [-0.2, -0.15) is 43.9 Å². The molecule has 8 aromatic rings. The second kappa shape index (κ2) is 18.2. The molecule has 0 spiro atoms. The standard InChI is InChI=1S/2C26H22F5N5O2/c2*1-25(2,37)23-32-10-13(11-33-23)12-6-7-15-17(8-12)36-18-9-16(22(36)35-15)34-21(26(29,30)31)14-4-3-5-19(20(14)18)38-24(27)28/h2*3-8,10-11,16,18,21,24,34,37H,9H2,1-2H3/t16-,18-,21+;16-,18-,21-/m11/s1. The van der Waals surface area contributed by atoms with Crippen molar-refractivity contribution in [3.63, 3.8) is 0 Å². The predicted molar refractivity (Wildman–Crippen MR) is 253 cm³/mol. The third kappa shape index (κ3) is 9.02. The number of nitrogens with one attached hydrogen (secondary N) is 2. The number of imidazole rings is 2. The molecular formula is C52H44F10N10O4. The number of ether oxygens (including phenoxy) is 2. The first-order valence-electron chi connectivity index (χ1n) is 23.8. The van der Waals surface area contributed by atoms with Crippen LogP contribution in [-0.2, 0) is 11.2 Å². The molecule has 0 radical (unpaired) electrons. The summed E-state index contributed by atoms with van der Waals surface area (Å²) in [5, 5.41) is 25.6. The van der Waals surface area contributed by atoms with Gasteiger partial charge in [-0.25, -0.2) is 29.9 Å². The minimum atomic E-state index is -4.66. The molecule has 6 atom stereocenters. The Balaban J connectivity index is 0.000000162. The van der Waals surface area contributed by atoms with E-state index in [1.807, 2.05) is 12.1 Å². The van der Waals surface area contributed by atoms with Crippen LogP contribution in [0.4, 0.5) is 43.9 Å². The number of nitrogens with zero attached hydrogens (tertiary/aromatic N) is 8. The number of fused-ring (bicyclic) bond motifs is 18. The molecule has 24 heteroatoms. The van der Waals surface area contributed by atoms with E-state index in [-0.39, 0.29) is 58.2 Å². The van der Waals surface area contributed by atoms with Crippen LogP contribution in [0.2, 0.25) is 0 Å². The van der Waals surface area contributed by atoms with E-state index in [4.69, 9.17) is 9.47 Å². The summed E-state index contributed by atoms with van der Waals surface area (Å²) in [5.41, 5.74) is 2.51. The predicted octanol–water partition coefficient (Wildman–Crippen LogP) is 11.1. The Morgan fingerprint density at radius 3 is 1.24 bits per heavy atom. The summed E-state index contributed by atoms with van der Waals surface area (Å²) in [6.45, 7) is -0.0955. The SMILES string of the molecule is CC(C)(O)c1ncc(-c2ccc3nc4n(c3c2)[C@@H]2C[C@H]4N[C@@H](C(F)(F)F)c3cccc(OC(F)F)c32)cn1.CC(C)(O)c1ncc(-c2ccc3nc4n(c3c2)[C@@H]2C[C@H]4N[C@H](C(F)(F)F)c3cccc(OC(F)F)c32)cn1. The van der Waals surface area contributed by atoms with E-state index < -0.39 is 73.0 Å². The fraction of sp³-hybridized carbons (Fsp3) is 0.346. The van der Waals surface area contributed by atoms with Crippen molar-refractivity contribution in [1.29, 1.82) is 0 Å². The Morgan fingerprint density at radius 2 is 0.908 bits per heavy atom. The van der Waals surface area contributed by atoms with Crippen molar-refractivity contribution in [1.82, 2.24) is 49.7 Å². The molecule has 4 aromatic heterocycles. The molecule has 0 saturated heterocycles. The molecule has 76 heavy (non-hydrogen) atoms. The molecule has 396 valence electrons. The van der Waals surface area contributed by atoms with Gasteiger partial charge in [-0.1, -0.05) is 36.4 Å². The normalized spacial score (nSPS) is 20.9. The van der Waals surface area contributed by atoms with Crippen molar-refractivity contribution in [2.75, 3.05) is 0 Å². The first-order chi connectivity index (χ1) is 35.8. The minimum absolute atomic E-state index is 0.0615. The molecule has 4 aliphatic heterocycles. The third-order valence-electron chi connectivity index (χ3n) is 14.0. The van der Waals surface area contributed by atoms with Gasteiger partial charge in [-0.15, -0.1) is 0 Å². The van der Waals surface area contributed by atoms with Gasteiger partial charge in [-0.3, -0.25) is 10.6 Å². The topological polar surface area (TPSA) is 170 Å². The summed E-state index contributed by atoms with van der Waals surface area (Å²) < 4.78 is 151.